The van der Waals surface area contributed by atoms with E-state index in [1.54, 1.807) is 25.2 Å². The van der Waals surface area contributed by atoms with E-state index in [2.05, 4.69) is 24.4 Å². The van der Waals surface area contributed by atoms with E-state index in [4.69, 9.17) is 0 Å². The SMILES string of the molecule is CN(C)C(=O)c1cccnc1N1CCCC(c2nccn2Cc2ccccn2)C1. The summed E-state index contributed by atoms with van der Waals surface area (Å²) in [4.78, 5) is 30.1. The van der Waals surface area contributed by atoms with Gasteiger partial charge in [-0.05, 0) is 37.1 Å². The highest BCUT2D eigenvalue weighted by Gasteiger charge is 2.28. The first kappa shape index (κ1) is 19.1. The zero-order valence-corrected chi connectivity index (χ0v) is 16.9. The van der Waals surface area contributed by atoms with Gasteiger partial charge in [0, 0.05) is 57.9 Å². The number of imidazole rings is 1. The van der Waals surface area contributed by atoms with Gasteiger partial charge in [0.15, 0.2) is 0 Å². The minimum atomic E-state index is -0.0214. The molecule has 4 heterocycles. The van der Waals surface area contributed by atoms with Crippen molar-refractivity contribution in [3.63, 3.8) is 0 Å². The van der Waals surface area contributed by atoms with Gasteiger partial charge in [0.25, 0.3) is 5.91 Å². The molecule has 0 radical (unpaired) electrons. The van der Waals surface area contributed by atoms with Crippen LogP contribution in [0.5, 0.6) is 0 Å². The number of pyridine rings is 2. The van der Waals surface area contributed by atoms with Crippen molar-refractivity contribution >= 4 is 11.7 Å². The third kappa shape index (κ3) is 4.13. The lowest BCUT2D eigenvalue weighted by Crippen LogP contribution is -2.37. The zero-order valence-electron chi connectivity index (χ0n) is 16.9. The molecular weight excluding hydrogens is 364 g/mol. The third-order valence-electron chi connectivity index (χ3n) is 5.32. The Bertz CT molecular complexity index is 968. The van der Waals surface area contributed by atoms with Crippen LogP contribution in [0.25, 0.3) is 0 Å². The van der Waals surface area contributed by atoms with E-state index < -0.39 is 0 Å². The molecule has 0 spiro atoms. The van der Waals surface area contributed by atoms with Gasteiger partial charge in [-0.3, -0.25) is 9.78 Å². The first-order chi connectivity index (χ1) is 14.1. The summed E-state index contributed by atoms with van der Waals surface area (Å²) in [6.45, 7) is 2.40. The Morgan fingerprint density at radius 2 is 1.97 bits per heavy atom. The number of anilines is 1. The fraction of sp³-hybridized carbons (Fsp3) is 0.364. The van der Waals surface area contributed by atoms with Crippen molar-refractivity contribution < 1.29 is 4.79 Å². The molecule has 1 atom stereocenters. The van der Waals surface area contributed by atoms with Crippen molar-refractivity contribution in [3.05, 3.63) is 72.2 Å². The minimum Gasteiger partial charge on any atom is -0.355 e. The number of aromatic nitrogens is 4. The summed E-state index contributed by atoms with van der Waals surface area (Å²) in [5.74, 6) is 2.09. The van der Waals surface area contributed by atoms with Crippen molar-refractivity contribution in [1.82, 2.24) is 24.4 Å². The molecule has 7 heteroatoms. The number of carbonyl (C=O) groups is 1. The van der Waals surface area contributed by atoms with Gasteiger partial charge >= 0.3 is 0 Å². The van der Waals surface area contributed by atoms with Gasteiger partial charge in [-0.25, -0.2) is 9.97 Å². The molecule has 1 unspecified atom stereocenters. The second-order valence-corrected chi connectivity index (χ2v) is 7.59. The average molecular weight is 390 g/mol. The number of hydrogen-bond donors (Lipinski definition) is 0. The van der Waals surface area contributed by atoms with Crippen LogP contribution in [0.1, 0.15) is 40.6 Å². The van der Waals surface area contributed by atoms with Crippen LogP contribution in [-0.4, -0.2) is 57.5 Å². The maximum absolute atomic E-state index is 12.6. The van der Waals surface area contributed by atoms with Gasteiger partial charge in [-0.1, -0.05) is 6.07 Å². The number of amides is 1. The van der Waals surface area contributed by atoms with Crippen LogP contribution >= 0.6 is 0 Å². The van der Waals surface area contributed by atoms with E-state index in [0.717, 1.165) is 43.3 Å². The van der Waals surface area contributed by atoms with Crippen LogP contribution in [0.4, 0.5) is 5.82 Å². The molecule has 0 bridgehead atoms. The van der Waals surface area contributed by atoms with Crippen LogP contribution in [0.15, 0.2) is 55.1 Å². The van der Waals surface area contributed by atoms with E-state index in [-0.39, 0.29) is 11.8 Å². The lowest BCUT2D eigenvalue weighted by molar-refractivity contribution is 0.0827. The predicted octanol–water partition coefficient (Wildman–Crippen LogP) is 2.81. The monoisotopic (exact) mass is 390 g/mol. The van der Waals surface area contributed by atoms with Crippen LogP contribution in [0, 0.1) is 0 Å². The normalized spacial score (nSPS) is 16.6. The summed E-state index contributed by atoms with van der Waals surface area (Å²) < 4.78 is 2.18. The molecular formula is C22H26N6O. The average Bonchev–Trinajstić information content (AvgIpc) is 3.22. The summed E-state index contributed by atoms with van der Waals surface area (Å²) >= 11 is 0. The lowest BCUT2D eigenvalue weighted by atomic mass is 9.96. The molecule has 150 valence electrons. The Kier molecular flexibility index (Phi) is 5.55. The van der Waals surface area contributed by atoms with Gasteiger partial charge in [0.2, 0.25) is 0 Å². The molecule has 1 saturated heterocycles. The Balaban J connectivity index is 1.57. The lowest BCUT2D eigenvalue weighted by Gasteiger charge is -2.34. The fourth-order valence-electron chi connectivity index (χ4n) is 3.92. The molecule has 1 amide bonds. The van der Waals surface area contributed by atoms with E-state index in [1.165, 1.54) is 0 Å². The number of nitrogens with zero attached hydrogens (tertiary/aromatic N) is 6. The van der Waals surface area contributed by atoms with Crippen molar-refractivity contribution in [2.75, 3.05) is 32.1 Å². The summed E-state index contributed by atoms with van der Waals surface area (Å²) in [6.07, 6.45) is 9.56. The summed E-state index contributed by atoms with van der Waals surface area (Å²) in [6, 6.07) is 9.64. The van der Waals surface area contributed by atoms with Crippen molar-refractivity contribution in [3.8, 4) is 0 Å². The van der Waals surface area contributed by atoms with E-state index in [1.807, 2.05) is 48.9 Å². The molecule has 0 aliphatic carbocycles. The maximum atomic E-state index is 12.6. The molecule has 3 aromatic rings. The van der Waals surface area contributed by atoms with Crippen LogP contribution in [-0.2, 0) is 6.54 Å². The van der Waals surface area contributed by atoms with E-state index in [0.29, 0.717) is 12.1 Å². The van der Waals surface area contributed by atoms with Gasteiger partial charge in [-0.2, -0.15) is 0 Å². The number of hydrogen-bond acceptors (Lipinski definition) is 5. The molecule has 0 N–H and O–H groups in total. The largest absolute Gasteiger partial charge is 0.355 e. The molecule has 0 aromatic carbocycles. The van der Waals surface area contributed by atoms with Gasteiger partial charge < -0.3 is 14.4 Å². The number of carbonyl (C=O) groups excluding carboxylic acids is 1. The molecule has 29 heavy (non-hydrogen) atoms. The number of rotatable bonds is 5. The van der Waals surface area contributed by atoms with Gasteiger partial charge in [0.05, 0.1) is 17.8 Å². The van der Waals surface area contributed by atoms with Crippen molar-refractivity contribution in [2.24, 2.45) is 0 Å². The molecule has 7 nitrogen and oxygen atoms in total. The second-order valence-electron chi connectivity index (χ2n) is 7.59. The Morgan fingerprint density at radius 1 is 1.10 bits per heavy atom. The Labute approximate surface area is 171 Å². The topological polar surface area (TPSA) is 67.2 Å². The number of piperidine rings is 1. The highest BCUT2D eigenvalue weighted by molar-refractivity contribution is 5.98. The first-order valence-electron chi connectivity index (χ1n) is 9.96. The van der Waals surface area contributed by atoms with E-state index >= 15 is 0 Å². The predicted molar refractivity (Wildman–Crippen MR) is 112 cm³/mol. The quantitative estimate of drug-likeness (QED) is 0.670. The van der Waals surface area contributed by atoms with Crippen LogP contribution in [0.2, 0.25) is 0 Å². The van der Waals surface area contributed by atoms with Crippen molar-refractivity contribution in [1.29, 1.82) is 0 Å². The van der Waals surface area contributed by atoms with Crippen molar-refractivity contribution in [2.45, 2.75) is 25.3 Å². The Hall–Kier alpha value is -3.22. The Morgan fingerprint density at radius 3 is 2.76 bits per heavy atom. The molecule has 0 saturated carbocycles. The summed E-state index contributed by atoms with van der Waals surface area (Å²) in [7, 11) is 3.54. The third-order valence-corrected chi connectivity index (χ3v) is 5.32. The zero-order chi connectivity index (χ0) is 20.2. The standard InChI is InChI=1S/C22H26N6O/c1-26(2)22(29)19-9-5-11-24-21(19)27-13-6-7-17(15-27)20-25-12-14-28(20)16-18-8-3-4-10-23-18/h3-5,8-12,14,17H,6-7,13,15-16H2,1-2H3. The molecule has 1 aliphatic heterocycles. The molecule has 4 rings (SSSR count). The van der Waals surface area contributed by atoms with Gasteiger partial charge in [0.1, 0.15) is 11.6 Å². The maximum Gasteiger partial charge on any atom is 0.257 e. The van der Waals surface area contributed by atoms with Crippen LogP contribution < -0.4 is 4.90 Å². The summed E-state index contributed by atoms with van der Waals surface area (Å²) in [5, 5.41) is 0. The smallest absolute Gasteiger partial charge is 0.257 e. The van der Waals surface area contributed by atoms with Crippen LogP contribution in [0.3, 0.4) is 0 Å². The summed E-state index contributed by atoms with van der Waals surface area (Å²) in [5.41, 5.74) is 1.66. The fourth-order valence-corrected chi connectivity index (χ4v) is 3.92. The van der Waals surface area contributed by atoms with Gasteiger partial charge in [-0.15, -0.1) is 0 Å². The molecule has 3 aromatic heterocycles. The van der Waals surface area contributed by atoms with E-state index in [9.17, 15) is 4.79 Å². The highest BCUT2D eigenvalue weighted by atomic mass is 16.2. The molecule has 1 fully saturated rings. The minimum absolute atomic E-state index is 0.0214. The highest BCUT2D eigenvalue weighted by Crippen LogP contribution is 2.30. The first-order valence-corrected chi connectivity index (χ1v) is 9.96. The molecule has 1 aliphatic rings. The second kappa shape index (κ2) is 8.43.